The Morgan fingerprint density at radius 3 is 2.62 bits per heavy atom. The number of aliphatic hydroxyl groups excluding tert-OH is 1. The highest BCUT2D eigenvalue weighted by molar-refractivity contribution is 8.03. The second-order valence-corrected chi connectivity index (χ2v) is 6.86. The van der Waals surface area contributed by atoms with Crippen LogP contribution in [0.5, 0.6) is 0 Å². The topological polar surface area (TPSA) is 77.2 Å². The average molecular weight is 421 g/mol. The number of rotatable bonds is 6. The summed E-state index contributed by atoms with van der Waals surface area (Å²) in [5.41, 5.74) is -0.480. The molecule has 29 heavy (non-hydrogen) atoms. The van der Waals surface area contributed by atoms with Gasteiger partial charge in [-0.2, -0.15) is 13.2 Å². The van der Waals surface area contributed by atoms with Gasteiger partial charge in [-0.3, -0.25) is 4.79 Å². The summed E-state index contributed by atoms with van der Waals surface area (Å²) in [6, 6.07) is 10.0. The maximum Gasteiger partial charge on any atom is 0.416 e. The number of alkyl halides is 3. The van der Waals surface area contributed by atoms with Crippen LogP contribution < -0.4 is 15.5 Å². The predicted octanol–water partition coefficient (Wildman–Crippen LogP) is 5.24. The predicted molar refractivity (Wildman–Crippen MR) is 111 cm³/mol. The van der Waals surface area contributed by atoms with Crippen LogP contribution in [0.1, 0.15) is 24.3 Å². The van der Waals surface area contributed by atoms with Crippen molar-refractivity contribution < 1.29 is 18.3 Å². The number of anilines is 2. The number of benzene rings is 2. The van der Waals surface area contributed by atoms with E-state index in [1.165, 1.54) is 12.3 Å². The molecule has 5 nitrogen and oxygen atoms in total. The lowest BCUT2D eigenvalue weighted by molar-refractivity contribution is -0.137. The molecule has 0 aliphatic carbocycles. The van der Waals surface area contributed by atoms with Gasteiger partial charge < -0.3 is 20.1 Å². The monoisotopic (exact) mass is 421 g/mol. The van der Waals surface area contributed by atoms with Crippen LogP contribution in [0.25, 0.3) is 10.9 Å². The number of aliphatic hydroxyl groups is 1. The second-order valence-electron chi connectivity index (χ2n) is 6.15. The number of pyridine rings is 1. The summed E-state index contributed by atoms with van der Waals surface area (Å²) >= 11 is 1.11. The summed E-state index contributed by atoms with van der Waals surface area (Å²) in [6.45, 7) is 1.78. The SMILES string of the molecule is C/C=C/SNc1cc(NC(O)c2c[nH]c3ccccc3c2=O)cc(C(F)(F)F)c1. The van der Waals surface area contributed by atoms with Gasteiger partial charge >= 0.3 is 6.18 Å². The standard InChI is InChI=1S/C20H18F3N3O2S/c1-2-7-29-26-14-9-12(20(21,22)23)8-13(10-14)25-19(28)16-11-24-17-6-4-3-5-15(17)18(16)27/h2-11,19,25-26,28H,1H3,(H,24,27)/b7-2+. The Hall–Kier alpha value is -2.91. The van der Waals surface area contributed by atoms with Crippen LogP contribution in [-0.2, 0) is 6.18 Å². The number of nitrogens with one attached hydrogen (secondary N) is 3. The third-order valence-electron chi connectivity index (χ3n) is 4.06. The Balaban J connectivity index is 1.93. The van der Waals surface area contributed by atoms with Crippen molar-refractivity contribution in [2.45, 2.75) is 19.3 Å². The van der Waals surface area contributed by atoms with Crippen molar-refractivity contribution in [3.8, 4) is 0 Å². The molecule has 0 aliphatic rings. The number of hydrogen-bond donors (Lipinski definition) is 4. The zero-order chi connectivity index (χ0) is 21.0. The van der Waals surface area contributed by atoms with Crippen molar-refractivity contribution in [1.82, 2.24) is 4.98 Å². The number of halogens is 3. The number of hydrogen-bond acceptors (Lipinski definition) is 5. The van der Waals surface area contributed by atoms with E-state index in [-0.39, 0.29) is 16.9 Å². The van der Waals surface area contributed by atoms with Crippen LogP contribution in [-0.4, -0.2) is 10.1 Å². The van der Waals surface area contributed by atoms with Crippen molar-refractivity contribution in [1.29, 1.82) is 0 Å². The molecule has 1 unspecified atom stereocenters. The van der Waals surface area contributed by atoms with Gasteiger partial charge in [0.1, 0.15) is 0 Å². The van der Waals surface area contributed by atoms with Crippen molar-refractivity contribution in [2.75, 3.05) is 10.0 Å². The Bertz CT molecular complexity index is 1100. The van der Waals surface area contributed by atoms with Gasteiger partial charge in [-0.15, -0.1) is 0 Å². The first-order valence-corrected chi connectivity index (χ1v) is 9.47. The third kappa shape index (κ3) is 4.93. The van der Waals surface area contributed by atoms with Crippen LogP contribution in [0.4, 0.5) is 24.5 Å². The molecule has 3 rings (SSSR count). The lowest BCUT2D eigenvalue weighted by Gasteiger charge is -2.17. The maximum atomic E-state index is 13.2. The van der Waals surface area contributed by atoms with E-state index in [4.69, 9.17) is 0 Å². The summed E-state index contributed by atoms with van der Waals surface area (Å²) in [5.74, 6) is 0. The number of H-pyrrole nitrogens is 1. The quantitative estimate of drug-likeness (QED) is 0.323. The van der Waals surface area contributed by atoms with Gasteiger partial charge in [-0.25, -0.2) is 0 Å². The summed E-state index contributed by atoms with van der Waals surface area (Å²) < 4.78 is 42.5. The first-order chi connectivity index (χ1) is 13.8. The number of fused-ring (bicyclic) bond motifs is 1. The van der Waals surface area contributed by atoms with Crippen LogP contribution in [0.15, 0.2) is 64.9 Å². The minimum atomic E-state index is -4.56. The van der Waals surface area contributed by atoms with Crippen LogP contribution in [0.2, 0.25) is 0 Å². The Kier molecular flexibility index (Phi) is 6.19. The first-order valence-electron chi connectivity index (χ1n) is 8.59. The molecule has 3 aromatic rings. The molecule has 152 valence electrons. The van der Waals surface area contributed by atoms with Crippen LogP contribution >= 0.6 is 11.9 Å². The molecule has 1 aromatic heterocycles. The molecular formula is C20H18F3N3O2S. The normalized spacial score (nSPS) is 13.0. The van der Waals surface area contributed by atoms with Gasteiger partial charge in [0, 0.05) is 28.5 Å². The molecule has 0 saturated heterocycles. The fourth-order valence-corrected chi connectivity index (χ4v) is 3.18. The van der Waals surface area contributed by atoms with E-state index in [1.54, 1.807) is 42.7 Å². The third-order valence-corrected chi connectivity index (χ3v) is 4.82. The maximum absolute atomic E-state index is 13.2. The Labute approximate surface area is 168 Å². The molecule has 0 spiro atoms. The zero-order valence-electron chi connectivity index (χ0n) is 15.2. The average Bonchev–Trinajstić information content (AvgIpc) is 2.68. The largest absolute Gasteiger partial charge is 0.416 e. The summed E-state index contributed by atoms with van der Waals surface area (Å²) in [6.07, 6.45) is -2.98. The van der Waals surface area contributed by atoms with Gasteiger partial charge in [-0.05, 0) is 54.6 Å². The molecule has 2 aromatic carbocycles. The summed E-state index contributed by atoms with van der Waals surface area (Å²) in [7, 11) is 0. The fraction of sp³-hybridized carbons (Fsp3) is 0.150. The molecule has 1 atom stereocenters. The lowest BCUT2D eigenvalue weighted by Crippen LogP contribution is -2.20. The van der Waals surface area contributed by atoms with Gasteiger partial charge in [-0.1, -0.05) is 18.2 Å². The van der Waals surface area contributed by atoms with E-state index < -0.39 is 23.4 Å². The van der Waals surface area contributed by atoms with Gasteiger partial charge in [0.05, 0.1) is 11.1 Å². The molecule has 4 N–H and O–H groups in total. The molecule has 9 heteroatoms. The highest BCUT2D eigenvalue weighted by Gasteiger charge is 2.31. The Morgan fingerprint density at radius 2 is 1.90 bits per heavy atom. The molecule has 0 aliphatic heterocycles. The van der Waals surface area contributed by atoms with Crippen molar-refractivity contribution in [3.63, 3.8) is 0 Å². The molecule has 0 bridgehead atoms. The Morgan fingerprint density at radius 1 is 1.17 bits per heavy atom. The van der Waals surface area contributed by atoms with Crippen molar-refractivity contribution in [2.24, 2.45) is 0 Å². The molecule has 0 saturated carbocycles. The van der Waals surface area contributed by atoms with E-state index in [0.29, 0.717) is 10.9 Å². The van der Waals surface area contributed by atoms with E-state index in [2.05, 4.69) is 15.0 Å². The minimum Gasteiger partial charge on any atom is -0.369 e. The molecule has 1 heterocycles. The highest BCUT2D eigenvalue weighted by Crippen LogP contribution is 2.34. The van der Waals surface area contributed by atoms with Gasteiger partial charge in [0.25, 0.3) is 0 Å². The van der Waals surface area contributed by atoms with E-state index in [1.807, 2.05) is 0 Å². The fourth-order valence-electron chi connectivity index (χ4n) is 2.73. The molecule has 0 radical (unpaired) electrons. The summed E-state index contributed by atoms with van der Waals surface area (Å²) in [4.78, 5) is 15.5. The number of allylic oxidation sites excluding steroid dienone is 1. The number of aromatic nitrogens is 1. The minimum absolute atomic E-state index is 0.00101. The van der Waals surface area contributed by atoms with Crippen molar-refractivity contribution in [3.05, 3.63) is 81.5 Å². The van der Waals surface area contributed by atoms with Gasteiger partial charge in [0.2, 0.25) is 0 Å². The van der Waals surface area contributed by atoms with Crippen molar-refractivity contribution >= 4 is 34.2 Å². The zero-order valence-corrected chi connectivity index (χ0v) is 16.1. The highest BCUT2D eigenvalue weighted by atomic mass is 32.2. The van der Waals surface area contributed by atoms with E-state index >= 15 is 0 Å². The van der Waals surface area contributed by atoms with Gasteiger partial charge in [0.15, 0.2) is 11.7 Å². The van der Waals surface area contributed by atoms with Crippen LogP contribution in [0.3, 0.4) is 0 Å². The van der Waals surface area contributed by atoms with E-state index in [0.717, 1.165) is 24.1 Å². The summed E-state index contributed by atoms with van der Waals surface area (Å²) in [5, 5.41) is 15.1. The lowest BCUT2D eigenvalue weighted by atomic mass is 10.1. The molecule has 0 amide bonds. The second kappa shape index (κ2) is 8.62. The van der Waals surface area contributed by atoms with Crippen LogP contribution in [0, 0.1) is 0 Å². The first kappa shape index (κ1) is 20.8. The smallest absolute Gasteiger partial charge is 0.369 e. The number of aromatic amines is 1. The molecular weight excluding hydrogens is 403 g/mol. The molecule has 0 fully saturated rings. The van der Waals surface area contributed by atoms with E-state index in [9.17, 15) is 23.1 Å². The number of para-hydroxylation sites is 1.